The van der Waals surface area contributed by atoms with Crippen molar-refractivity contribution in [3.63, 3.8) is 0 Å². The molecule has 0 aliphatic heterocycles. The monoisotopic (exact) mass is 381 g/mol. The Morgan fingerprint density at radius 3 is 2.29 bits per heavy atom. The van der Waals surface area contributed by atoms with E-state index in [0.717, 1.165) is 6.07 Å². The Morgan fingerprint density at radius 1 is 1.33 bits per heavy atom. The van der Waals surface area contributed by atoms with Gasteiger partial charge < -0.3 is 15.3 Å². The molecule has 0 radical (unpaired) electrons. The summed E-state index contributed by atoms with van der Waals surface area (Å²) < 4.78 is 27.2. The van der Waals surface area contributed by atoms with Crippen molar-refractivity contribution in [2.75, 3.05) is 13.2 Å². The van der Waals surface area contributed by atoms with E-state index >= 15 is 0 Å². The molecule has 1 aromatic carbocycles. The third-order valence-corrected chi connectivity index (χ3v) is 5.50. The van der Waals surface area contributed by atoms with Crippen molar-refractivity contribution in [3.05, 3.63) is 27.7 Å². The first-order chi connectivity index (χ1) is 9.56. The molecule has 0 aromatic heterocycles. The summed E-state index contributed by atoms with van der Waals surface area (Å²) in [7, 11) is -4.11. The van der Waals surface area contributed by atoms with Crippen molar-refractivity contribution in [3.8, 4) is 0 Å². The van der Waals surface area contributed by atoms with Crippen LogP contribution in [0.1, 0.15) is 22.8 Å². The van der Waals surface area contributed by atoms with E-state index in [-0.39, 0.29) is 10.5 Å². The van der Waals surface area contributed by atoms with Gasteiger partial charge in [0.1, 0.15) is 0 Å². The molecule has 1 aromatic rings. The Labute approximate surface area is 130 Å². The Kier molecular flexibility index (Phi) is 5.51. The highest BCUT2D eigenvalue weighted by molar-refractivity contribution is 9.10. The average molecular weight is 382 g/mol. The van der Waals surface area contributed by atoms with Gasteiger partial charge >= 0.3 is 5.97 Å². The Morgan fingerprint density at radius 2 is 1.86 bits per heavy atom. The van der Waals surface area contributed by atoms with E-state index in [4.69, 9.17) is 5.11 Å². The Hall–Kier alpha value is -1.00. The Bertz CT molecular complexity index is 654. The van der Waals surface area contributed by atoms with E-state index < -0.39 is 34.7 Å². The first-order valence-electron chi connectivity index (χ1n) is 5.85. The summed E-state index contributed by atoms with van der Waals surface area (Å²) in [4.78, 5) is 10.8. The van der Waals surface area contributed by atoms with Gasteiger partial charge in [0.2, 0.25) is 10.0 Å². The van der Waals surface area contributed by atoms with Crippen LogP contribution in [0.4, 0.5) is 0 Å². The first-order valence-corrected chi connectivity index (χ1v) is 8.13. The number of hydrogen-bond donors (Lipinski definition) is 4. The largest absolute Gasteiger partial charge is 0.478 e. The lowest BCUT2D eigenvalue weighted by Crippen LogP contribution is -2.51. The van der Waals surface area contributed by atoms with E-state index in [1.165, 1.54) is 19.9 Å². The molecule has 0 atom stereocenters. The molecular formula is C12H16BrNO6S. The fourth-order valence-corrected chi connectivity index (χ4v) is 3.82. The quantitative estimate of drug-likeness (QED) is 0.567. The highest BCUT2D eigenvalue weighted by Gasteiger charge is 2.31. The van der Waals surface area contributed by atoms with Gasteiger partial charge in [0, 0.05) is 4.47 Å². The van der Waals surface area contributed by atoms with E-state index in [9.17, 15) is 23.4 Å². The van der Waals surface area contributed by atoms with Gasteiger partial charge in [-0.25, -0.2) is 17.9 Å². The number of aliphatic hydroxyl groups excluding tert-OH is 2. The second kappa shape index (κ2) is 6.41. The average Bonchev–Trinajstić information content (AvgIpc) is 2.40. The number of aliphatic hydroxyl groups is 2. The molecule has 0 saturated heterocycles. The number of carbonyl (C=O) groups is 1. The highest BCUT2D eigenvalue weighted by Crippen LogP contribution is 2.26. The number of aromatic carboxylic acids is 1. The van der Waals surface area contributed by atoms with E-state index in [1.807, 2.05) is 0 Å². The van der Waals surface area contributed by atoms with Gasteiger partial charge in [0.15, 0.2) is 0 Å². The van der Waals surface area contributed by atoms with Gasteiger partial charge in [-0.1, -0.05) is 15.9 Å². The lowest BCUT2D eigenvalue weighted by molar-refractivity contribution is 0.0696. The van der Waals surface area contributed by atoms with Crippen LogP contribution in [0.25, 0.3) is 0 Å². The van der Waals surface area contributed by atoms with Gasteiger partial charge in [-0.15, -0.1) is 0 Å². The van der Waals surface area contributed by atoms with E-state index in [0.29, 0.717) is 10.0 Å². The summed E-state index contributed by atoms with van der Waals surface area (Å²) in [6, 6.07) is 2.33. The summed E-state index contributed by atoms with van der Waals surface area (Å²) >= 11 is 3.12. The van der Waals surface area contributed by atoms with Crippen molar-refractivity contribution < 1.29 is 28.5 Å². The minimum atomic E-state index is -4.11. The van der Waals surface area contributed by atoms with E-state index in [2.05, 4.69) is 20.7 Å². The predicted molar refractivity (Wildman–Crippen MR) is 78.7 cm³/mol. The van der Waals surface area contributed by atoms with Crippen LogP contribution in [-0.4, -0.2) is 48.5 Å². The van der Waals surface area contributed by atoms with Crippen LogP contribution >= 0.6 is 15.9 Å². The van der Waals surface area contributed by atoms with E-state index in [1.54, 1.807) is 0 Å². The van der Waals surface area contributed by atoms with Crippen molar-refractivity contribution in [2.24, 2.45) is 0 Å². The number of carboxylic acid groups (broad SMARTS) is 1. The fourth-order valence-electron chi connectivity index (χ4n) is 1.55. The van der Waals surface area contributed by atoms with Crippen molar-refractivity contribution in [2.45, 2.75) is 24.3 Å². The maximum Gasteiger partial charge on any atom is 0.335 e. The summed E-state index contributed by atoms with van der Waals surface area (Å²) in [5, 5.41) is 27.3. The number of halogens is 1. The number of carboxylic acids is 1. The van der Waals surface area contributed by atoms with Crippen LogP contribution < -0.4 is 4.72 Å². The molecule has 0 spiro atoms. The van der Waals surface area contributed by atoms with Crippen LogP contribution in [0, 0.1) is 6.92 Å². The molecule has 0 aliphatic rings. The van der Waals surface area contributed by atoms with Gasteiger partial charge in [-0.2, -0.15) is 0 Å². The molecular weight excluding hydrogens is 366 g/mol. The van der Waals surface area contributed by atoms with Crippen LogP contribution in [0.2, 0.25) is 0 Å². The fraction of sp³-hybridized carbons (Fsp3) is 0.417. The first kappa shape index (κ1) is 18.1. The number of nitrogens with one attached hydrogen (secondary N) is 1. The normalized spacial score (nSPS) is 12.4. The summed E-state index contributed by atoms with van der Waals surface area (Å²) in [5.41, 5.74) is -1.31. The smallest absolute Gasteiger partial charge is 0.335 e. The second-order valence-electron chi connectivity index (χ2n) is 4.87. The molecule has 0 fully saturated rings. The molecule has 4 N–H and O–H groups in total. The van der Waals surface area contributed by atoms with Crippen molar-refractivity contribution in [1.29, 1.82) is 0 Å². The number of benzene rings is 1. The van der Waals surface area contributed by atoms with Crippen LogP contribution in [0.15, 0.2) is 21.5 Å². The molecule has 118 valence electrons. The molecule has 0 saturated carbocycles. The zero-order valence-corrected chi connectivity index (χ0v) is 13.8. The molecule has 0 amide bonds. The zero-order valence-electron chi connectivity index (χ0n) is 11.4. The molecule has 7 nitrogen and oxygen atoms in total. The lowest BCUT2D eigenvalue weighted by atomic mass is 10.1. The summed E-state index contributed by atoms with van der Waals surface area (Å²) in [5.74, 6) is -1.26. The Balaban J connectivity index is 3.41. The summed E-state index contributed by atoms with van der Waals surface area (Å²) in [6.07, 6.45) is 0. The summed E-state index contributed by atoms with van der Waals surface area (Å²) in [6.45, 7) is 1.62. The van der Waals surface area contributed by atoms with Crippen LogP contribution in [0.3, 0.4) is 0 Å². The van der Waals surface area contributed by atoms with Gasteiger partial charge in [0.05, 0.1) is 29.2 Å². The molecule has 9 heteroatoms. The number of sulfonamides is 1. The number of rotatable bonds is 6. The maximum atomic E-state index is 12.4. The second-order valence-corrected chi connectivity index (χ2v) is 7.37. The molecule has 0 unspecified atom stereocenters. The third kappa shape index (κ3) is 4.01. The van der Waals surface area contributed by atoms with Crippen molar-refractivity contribution >= 4 is 31.9 Å². The minimum absolute atomic E-state index is 0.192. The van der Waals surface area contributed by atoms with Gasteiger partial charge in [0.25, 0.3) is 0 Å². The van der Waals surface area contributed by atoms with Gasteiger partial charge in [-0.05, 0) is 31.5 Å². The molecule has 1 rings (SSSR count). The SMILES string of the molecule is Cc1c(Br)cc(C(=O)O)cc1S(=O)(=O)NC(C)(CO)CO. The van der Waals surface area contributed by atoms with Gasteiger partial charge in [-0.3, -0.25) is 0 Å². The maximum absolute atomic E-state index is 12.4. The standard InChI is InChI=1S/C12H16BrNO6S/c1-7-9(13)3-8(11(17)18)4-10(7)21(19,20)14-12(2,5-15)6-16/h3-4,14-16H,5-6H2,1-2H3,(H,17,18). The molecule has 0 aliphatic carbocycles. The van der Waals surface area contributed by atoms with Crippen LogP contribution in [0.5, 0.6) is 0 Å². The van der Waals surface area contributed by atoms with Crippen molar-refractivity contribution in [1.82, 2.24) is 4.72 Å². The molecule has 21 heavy (non-hydrogen) atoms. The third-order valence-electron chi connectivity index (χ3n) is 2.91. The lowest BCUT2D eigenvalue weighted by Gasteiger charge is -2.26. The van der Waals surface area contributed by atoms with Crippen LogP contribution in [-0.2, 0) is 10.0 Å². The molecule has 0 heterocycles. The molecule has 0 bridgehead atoms. The number of hydrogen-bond acceptors (Lipinski definition) is 5. The zero-order chi connectivity index (χ0) is 16.4. The highest BCUT2D eigenvalue weighted by atomic mass is 79.9. The minimum Gasteiger partial charge on any atom is -0.478 e. The predicted octanol–water partition coefficient (Wildman–Crippen LogP) is 0.477. The topological polar surface area (TPSA) is 124 Å².